The lowest BCUT2D eigenvalue weighted by Gasteiger charge is -2.32. The maximum Gasteiger partial charge on any atom is 0.452 e. The van der Waals surface area contributed by atoms with Crippen LogP contribution in [-0.4, -0.2) is 47.0 Å². The number of rotatable bonds is 2. The Hall–Kier alpha value is -1.40. The monoisotopic (exact) mass is 277 g/mol. The molecule has 0 N–H and O–H groups in total. The summed E-state index contributed by atoms with van der Waals surface area (Å²) in [6.07, 6.45) is -4.49. The summed E-state index contributed by atoms with van der Waals surface area (Å²) in [6.45, 7) is 2.77. The summed E-state index contributed by atoms with van der Waals surface area (Å²) >= 11 is 0.759. The molecule has 0 atom stereocenters. The molecule has 9 heteroatoms. The topological polar surface area (TPSA) is 56.1 Å². The van der Waals surface area contributed by atoms with Crippen molar-refractivity contribution in [1.29, 1.82) is 5.26 Å². The van der Waals surface area contributed by atoms with E-state index in [2.05, 4.69) is 9.36 Å². The van der Waals surface area contributed by atoms with E-state index in [1.807, 2.05) is 11.0 Å². The van der Waals surface area contributed by atoms with Crippen molar-refractivity contribution in [3.8, 4) is 6.07 Å². The summed E-state index contributed by atoms with van der Waals surface area (Å²) < 4.78 is 40.4. The lowest BCUT2D eigenvalue weighted by Crippen LogP contribution is -2.46. The van der Waals surface area contributed by atoms with Crippen LogP contribution in [0.4, 0.5) is 18.3 Å². The van der Waals surface area contributed by atoms with Crippen molar-refractivity contribution >= 4 is 16.7 Å². The van der Waals surface area contributed by atoms with Crippen LogP contribution in [0, 0.1) is 11.3 Å². The third-order valence-corrected chi connectivity index (χ3v) is 3.38. The number of nitriles is 1. The van der Waals surface area contributed by atoms with Crippen molar-refractivity contribution in [2.45, 2.75) is 6.18 Å². The Morgan fingerprint density at radius 3 is 2.44 bits per heavy atom. The highest BCUT2D eigenvalue weighted by Gasteiger charge is 2.36. The molecule has 0 aliphatic carbocycles. The van der Waals surface area contributed by atoms with Crippen LogP contribution >= 0.6 is 11.5 Å². The molecule has 1 aromatic heterocycles. The molecule has 2 heterocycles. The van der Waals surface area contributed by atoms with Crippen LogP contribution in [0.1, 0.15) is 5.82 Å². The SMILES string of the molecule is N#CCN1CCN(c2nc(C(F)(F)F)ns2)CC1. The Balaban J connectivity index is 1.98. The molecule has 1 aromatic rings. The molecule has 1 aliphatic rings. The van der Waals surface area contributed by atoms with Crippen LogP contribution in [0.5, 0.6) is 0 Å². The van der Waals surface area contributed by atoms with Crippen LogP contribution in [0.15, 0.2) is 0 Å². The number of hydrogen-bond donors (Lipinski definition) is 0. The molecule has 1 saturated heterocycles. The highest BCUT2D eigenvalue weighted by Crippen LogP contribution is 2.30. The average Bonchev–Trinajstić information content (AvgIpc) is 2.79. The number of nitrogens with zero attached hydrogens (tertiary/aromatic N) is 5. The van der Waals surface area contributed by atoms with Gasteiger partial charge in [-0.15, -0.1) is 0 Å². The van der Waals surface area contributed by atoms with E-state index in [-0.39, 0.29) is 0 Å². The Kier molecular flexibility index (Phi) is 3.68. The third kappa shape index (κ3) is 2.88. The minimum Gasteiger partial charge on any atom is -0.344 e. The predicted molar refractivity (Wildman–Crippen MR) is 59.2 cm³/mol. The van der Waals surface area contributed by atoms with Gasteiger partial charge in [0.25, 0.3) is 0 Å². The van der Waals surface area contributed by atoms with Gasteiger partial charge < -0.3 is 4.90 Å². The summed E-state index contributed by atoms with van der Waals surface area (Å²) in [5.41, 5.74) is 0. The zero-order valence-corrected chi connectivity index (χ0v) is 10.1. The lowest BCUT2D eigenvalue weighted by molar-refractivity contribution is -0.144. The largest absolute Gasteiger partial charge is 0.452 e. The number of piperazine rings is 1. The molecule has 18 heavy (non-hydrogen) atoms. The molecule has 0 spiro atoms. The molecular weight excluding hydrogens is 267 g/mol. The van der Waals surface area contributed by atoms with E-state index < -0.39 is 12.0 Å². The first-order valence-corrected chi connectivity index (χ1v) is 6.03. The summed E-state index contributed by atoms with van der Waals surface area (Å²) in [7, 11) is 0. The zero-order chi connectivity index (χ0) is 13.2. The molecule has 0 aromatic carbocycles. The van der Waals surface area contributed by atoms with Gasteiger partial charge in [0.1, 0.15) is 0 Å². The van der Waals surface area contributed by atoms with Gasteiger partial charge in [0.15, 0.2) is 0 Å². The quantitative estimate of drug-likeness (QED) is 0.760. The minimum absolute atomic E-state index is 0.291. The van der Waals surface area contributed by atoms with E-state index in [1.54, 1.807) is 4.90 Å². The van der Waals surface area contributed by atoms with Crippen molar-refractivity contribution in [3.63, 3.8) is 0 Å². The van der Waals surface area contributed by atoms with Gasteiger partial charge in [0, 0.05) is 37.7 Å². The van der Waals surface area contributed by atoms with Gasteiger partial charge >= 0.3 is 6.18 Å². The van der Waals surface area contributed by atoms with Crippen molar-refractivity contribution in [1.82, 2.24) is 14.3 Å². The fraction of sp³-hybridized carbons (Fsp3) is 0.667. The van der Waals surface area contributed by atoms with E-state index in [0.717, 1.165) is 11.5 Å². The molecule has 0 bridgehead atoms. The third-order valence-electron chi connectivity index (χ3n) is 2.61. The maximum absolute atomic E-state index is 12.3. The lowest BCUT2D eigenvalue weighted by atomic mass is 10.3. The molecular formula is C9H10F3N5S. The van der Waals surface area contributed by atoms with Crippen molar-refractivity contribution in [3.05, 3.63) is 5.82 Å². The van der Waals surface area contributed by atoms with Crippen molar-refractivity contribution in [2.24, 2.45) is 0 Å². The fourth-order valence-electron chi connectivity index (χ4n) is 1.66. The molecule has 2 rings (SSSR count). The minimum atomic E-state index is -4.49. The number of aromatic nitrogens is 2. The smallest absolute Gasteiger partial charge is 0.344 e. The maximum atomic E-state index is 12.3. The standard InChI is InChI=1S/C9H10F3N5S/c10-9(11,12)7-14-8(18-15-7)17-5-3-16(2-1-13)4-6-17/h2-6H2. The fourth-order valence-corrected chi connectivity index (χ4v) is 2.39. The zero-order valence-electron chi connectivity index (χ0n) is 9.31. The van der Waals surface area contributed by atoms with Crippen LogP contribution < -0.4 is 4.90 Å². The van der Waals surface area contributed by atoms with Gasteiger partial charge in [-0.25, -0.2) is 0 Å². The van der Waals surface area contributed by atoms with Crippen LogP contribution in [0.2, 0.25) is 0 Å². The molecule has 0 radical (unpaired) electrons. The second kappa shape index (κ2) is 5.07. The average molecular weight is 277 g/mol. The summed E-state index contributed by atoms with van der Waals surface area (Å²) in [4.78, 5) is 7.21. The van der Waals surface area contributed by atoms with Crippen molar-refractivity contribution in [2.75, 3.05) is 37.6 Å². The Morgan fingerprint density at radius 2 is 1.94 bits per heavy atom. The second-order valence-corrected chi connectivity index (χ2v) is 4.55. The summed E-state index contributed by atoms with van der Waals surface area (Å²) in [6, 6.07) is 2.05. The molecule has 1 aliphatic heterocycles. The van der Waals surface area contributed by atoms with Gasteiger partial charge in [-0.3, -0.25) is 4.90 Å². The number of anilines is 1. The molecule has 0 amide bonds. The molecule has 1 fully saturated rings. The van der Waals surface area contributed by atoms with Gasteiger partial charge in [-0.05, 0) is 0 Å². The van der Waals surface area contributed by atoms with Crippen LogP contribution in [-0.2, 0) is 6.18 Å². The first kappa shape index (κ1) is 13.0. The highest BCUT2D eigenvalue weighted by molar-refractivity contribution is 7.09. The molecule has 0 saturated carbocycles. The summed E-state index contributed by atoms with van der Waals surface area (Å²) in [5.74, 6) is -1.08. The Morgan fingerprint density at radius 1 is 1.28 bits per heavy atom. The first-order valence-electron chi connectivity index (χ1n) is 5.26. The van der Waals surface area contributed by atoms with Gasteiger partial charge in [0.05, 0.1) is 12.6 Å². The van der Waals surface area contributed by atoms with E-state index in [4.69, 9.17) is 5.26 Å². The normalized spacial score (nSPS) is 17.8. The van der Waals surface area contributed by atoms with Crippen LogP contribution in [0.3, 0.4) is 0 Å². The number of alkyl halides is 3. The second-order valence-electron chi connectivity index (χ2n) is 3.82. The van der Waals surface area contributed by atoms with Crippen LogP contribution in [0.25, 0.3) is 0 Å². The predicted octanol–water partition coefficient (Wildman–Crippen LogP) is 1.20. The molecule has 0 unspecified atom stereocenters. The van der Waals surface area contributed by atoms with E-state index >= 15 is 0 Å². The summed E-state index contributed by atoms with van der Waals surface area (Å²) in [5, 5.41) is 8.83. The van der Waals surface area contributed by atoms with E-state index in [0.29, 0.717) is 37.9 Å². The van der Waals surface area contributed by atoms with E-state index in [1.165, 1.54) is 0 Å². The number of halogens is 3. The van der Waals surface area contributed by atoms with Gasteiger partial charge in [-0.2, -0.15) is 27.8 Å². The van der Waals surface area contributed by atoms with Crippen molar-refractivity contribution < 1.29 is 13.2 Å². The van der Waals surface area contributed by atoms with E-state index in [9.17, 15) is 13.2 Å². The first-order chi connectivity index (χ1) is 8.50. The highest BCUT2D eigenvalue weighted by atomic mass is 32.1. The Labute approximate surface area is 106 Å². The van der Waals surface area contributed by atoms with Gasteiger partial charge in [-0.1, -0.05) is 0 Å². The van der Waals surface area contributed by atoms with Gasteiger partial charge in [0.2, 0.25) is 11.0 Å². The molecule has 5 nitrogen and oxygen atoms in total. The Bertz CT molecular complexity index is 444. The number of hydrogen-bond acceptors (Lipinski definition) is 6. The molecule has 98 valence electrons.